The minimum atomic E-state index is -0.414. The Bertz CT molecular complexity index is 1060. The highest BCUT2D eigenvalue weighted by atomic mass is 16.1. The first kappa shape index (κ1) is 22.6. The van der Waals surface area contributed by atoms with Crippen LogP contribution in [0.15, 0.2) is 60.7 Å². The maximum atomic E-state index is 11.8. The molecule has 0 N–H and O–H groups in total. The number of carbonyl (C=O) groups is 3. The SMILES string of the molecule is CC(=O)C1CCC(c2ccccc2C)=CC1=O.Cc1ccccc1C1=CC(=O)CCC1. The average molecular weight is 415 g/mol. The van der Waals surface area contributed by atoms with Crippen LogP contribution >= 0.6 is 0 Å². The first-order valence-corrected chi connectivity index (χ1v) is 11.0. The van der Waals surface area contributed by atoms with Crippen molar-refractivity contribution in [2.24, 2.45) is 5.92 Å². The summed E-state index contributed by atoms with van der Waals surface area (Å²) in [7, 11) is 0. The van der Waals surface area contributed by atoms with Gasteiger partial charge in [-0.15, -0.1) is 0 Å². The molecule has 2 aromatic carbocycles. The maximum Gasteiger partial charge on any atom is 0.166 e. The third kappa shape index (κ3) is 5.75. The van der Waals surface area contributed by atoms with Gasteiger partial charge in [-0.3, -0.25) is 14.4 Å². The van der Waals surface area contributed by atoms with Gasteiger partial charge in [0.15, 0.2) is 11.6 Å². The zero-order valence-electron chi connectivity index (χ0n) is 18.6. The fraction of sp³-hybridized carbons (Fsp3) is 0.321. The summed E-state index contributed by atoms with van der Waals surface area (Å²) in [5.74, 6) is -0.200. The van der Waals surface area contributed by atoms with Crippen LogP contribution in [-0.4, -0.2) is 17.3 Å². The van der Waals surface area contributed by atoms with E-state index in [0.29, 0.717) is 6.42 Å². The van der Waals surface area contributed by atoms with Crippen LogP contribution in [0.25, 0.3) is 11.1 Å². The fourth-order valence-electron chi connectivity index (χ4n) is 4.27. The van der Waals surface area contributed by atoms with Gasteiger partial charge in [0, 0.05) is 6.42 Å². The highest BCUT2D eigenvalue weighted by Crippen LogP contribution is 2.30. The van der Waals surface area contributed by atoms with E-state index in [1.807, 2.05) is 49.4 Å². The molecule has 2 aromatic rings. The van der Waals surface area contributed by atoms with E-state index < -0.39 is 5.92 Å². The van der Waals surface area contributed by atoms with E-state index in [1.165, 1.54) is 29.2 Å². The highest BCUT2D eigenvalue weighted by Gasteiger charge is 2.26. The van der Waals surface area contributed by atoms with Crippen LogP contribution < -0.4 is 0 Å². The van der Waals surface area contributed by atoms with Crippen molar-refractivity contribution in [2.45, 2.75) is 52.9 Å². The Labute approximate surface area is 184 Å². The number of rotatable bonds is 3. The van der Waals surface area contributed by atoms with Crippen LogP contribution in [-0.2, 0) is 14.4 Å². The molecule has 0 heterocycles. The van der Waals surface area contributed by atoms with Gasteiger partial charge >= 0.3 is 0 Å². The van der Waals surface area contributed by atoms with Crippen molar-refractivity contribution in [2.75, 3.05) is 0 Å². The van der Waals surface area contributed by atoms with Crippen molar-refractivity contribution in [1.82, 2.24) is 0 Å². The van der Waals surface area contributed by atoms with Crippen molar-refractivity contribution >= 4 is 28.5 Å². The van der Waals surface area contributed by atoms with Crippen molar-refractivity contribution in [3.05, 3.63) is 82.9 Å². The molecule has 160 valence electrons. The molecule has 31 heavy (non-hydrogen) atoms. The molecule has 0 bridgehead atoms. The minimum Gasteiger partial charge on any atom is -0.299 e. The Morgan fingerprint density at radius 2 is 1.32 bits per heavy atom. The van der Waals surface area contributed by atoms with Gasteiger partial charge in [-0.2, -0.15) is 0 Å². The van der Waals surface area contributed by atoms with Crippen LogP contribution in [0.4, 0.5) is 0 Å². The number of allylic oxidation sites excluding steroid dienone is 4. The molecule has 0 spiro atoms. The van der Waals surface area contributed by atoms with Crippen molar-refractivity contribution in [3.8, 4) is 0 Å². The van der Waals surface area contributed by atoms with Crippen molar-refractivity contribution < 1.29 is 14.4 Å². The molecule has 0 saturated heterocycles. The van der Waals surface area contributed by atoms with E-state index in [0.717, 1.165) is 36.8 Å². The zero-order valence-corrected chi connectivity index (χ0v) is 18.6. The van der Waals surface area contributed by atoms with E-state index in [-0.39, 0.29) is 17.3 Å². The molecule has 0 aromatic heterocycles. The van der Waals surface area contributed by atoms with E-state index >= 15 is 0 Å². The lowest BCUT2D eigenvalue weighted by Crippen LogP contribution is -2.23. The molecule has 2 aliphatic rings. The van der Waals surface area contributed by atoms with Gasteiger partial charge in [0.25, 0.3) is 0 Å². The summed E-state index contributed by atoms with van der Waals surface area (Å²) < 4.78 is 0. The zero-order chi connectivity index (χ0) is 22.4. The summed E-state index contributed by atoms with van der Waals surface area (Å²) in [4.78, 5) is 34.4. The summed E-state index contributed by atoms with van der Waals surface area (Å²) in [5.41, 5.74) is 7.06. The van der Waals surface area contributed by atoms with Crippen LogP contribution in [0.1, 0.15) is 61.3 Å². The molecule has 3 nitrogen and oxygen atoms in total. The molecule has 3 heteroatoms. The molecule has 0 amide bonds. The third-order valence-electron chi connectivity index (χ3n) is 6.04. The molecule has 1 unspecified atom stereocenters. The maximum absolute atomic E-state index is 11.8. The summed E-state index contributed by atoms with van der Waals surface area (Å²) >= 11 is 0. The van der Waals surface area contributed by atoms with E-state index in [9.17, 15) is 14.4 Å². The Kier molecular flexibility index (Phi) is 7.51. The number of ketones is 3. The second kappa shape index (κ2) is 10.3. The lowest BCUT2D eigenvalue weighted by Gasteiger charge is -2.19. The number of carbonyl (C=O) groups excluding carboxylic acids is 3. The van der Waals surface area contributed by atoms with Gasteiger partial charge in [0.2, 0.25) is 0 Å². The van der Waals surface area contributed by atoms with Gasteiger partial charge < -0.3 is 0 Å². The Hall–Kier alpha value is -3.07. The van der Waals surface area contributed by atoms with Crippen LogP contribution in [0.2, 0.25) is 0 Å². The largest absolute Gasteiger partial charge is 0.299 e. The monoisotopic (exact) mass is 414 g/mol. The molecule has 0 fully saturated rings. The first-order valence-electron chi connectivity index (χ1n) is 11.0. The quantitative estimate of drug-likeness (QED) is 0.572. The highest BCUT2D eigenvalue weighted by molar-refractivity contribution is 6.11. The third-order valence-corrected chi connectivity index (χ3v) is 6.04. The summed E-state index contributed by atoms with van der Waals surface area (Å²) in [6, 6.07) is 16.3. The average Bonchev–Trinajstić information content (AvgIpc) is 2.74. The molecular weight excluding hydrogens is 384 g/mol. The van der Waals surface area contributed by atoms with Gasteiger partial charge in [-0.05, 0) is 92.0 Å². The Morgan fingerprint density at radius 1 is 0.774 bits per heavy atom. The standard InChI is InChI=1S/C15H16O2.C13H14O/c1-10-5-3-4-6-13(10)12-7-8-14(11(2)16)15(17)9-12;1-10-5-2-3-8-13(10)11-6-4-7-12(14)9-11/h3-6,9,14H,7-8H2,1-2H3;2-3,5,8-9H,4,6-7H2,1H3. The second-order valence-corrected chi connectivity index (χ2v) is 8.39. The lowest BCUT2D eigenvalue weighted by atomic mass is 9.83. The molecular formula is C28H30O3. The van der Waals surface area contributed by atoms with E-state index in [1.54, 1.807) is 6.08 Å². The molecule has 0 radical (unpaired) electrons. The summed E-state index contributed by atoms with van der Waals surface area (Å²) in [6.45, 7) is 5.63. The number of Topliss-reactive ketones (excluding diaryl/α,β-unsaturated/α-hetero) is 1. The second-order valence-electron chi connectivity index (χ2n) is 8.39. The smallest absolute Gasteiger partial charge is 0.166 e. The van der Waals surface area contributed by atoms with Gasteiger partial charge in [0.1, 0.15) is 5.78 Å². The Morgan fingerprint density at radius 3 is 1.81 bits per heavy atom. The fourth-order valence-corrected chi connectivity index (χ4v) is 4.27. The predicted octanol–water partition coefficient (Wildman–Crippen LogP) is 6.08. The topological polar surface area (TPSA) is 51.2 Å². The van der Waals surface area contributed by atoms with Gasteiger partial charge in [0.05, 0.1) is 5.92 Å². The van der Waals surface area contributed by atoms with E-state index in [4.69, 9.17) is 0 Å². The predicted molar refractivity (Wildman–Crippen MR) is 126 cm³/mol. The van der Waals surface area contributed by atoms with Gasteiger partial charge in [-0.25, -0.2) is 0 Å². The van der Waals surface area contributed by atoms with Crippen LogP contribution in [0.5, 0.6) is 0 Å². The number of hydrogen-bond acceptors (Lipinski definition) is 3. The molecule has 0 saturated carbocycles. The van der Waals surface area contributed by atoms with Gasteiger partial charge in [-0.1, -0.05) is 48.5 Å². The minimum absolute atomic E-state index is 0.0184. The molecule has 1 atom stereocenters. The molecule has 2 aliphatic carbocycles. The van der Waals surface area contributed by atoms with Crippen LogP contribution in [0, 0.1) is 19.8 Å². The number of benzene rings is 2. The summed E-state index contributed by atoms with van der Waals surface area (Å²) in [5, 5.41) is 0. The number of hydrogen-bond donors (Lipinski definition) is 0. The van der Waals surface area contributed by atoms with E-state index in [2.05, 4.69) is 19.1 Å². The first-order chi connectivity index (χ1) is 14.9. The number of aryl methyl sites for hydroxylation is 2. The lowest BCUT2D eigenvalue weighted by molar-refractivity contribution is -0.129. The summed E-state index contributed by atoms with van der Waals surface area (Å²) in [6.07, 6.45) is 7.67. The normalized spacial score (nSPS) is 18.5. The van der Waals surface area contributed by atoms with Crippen molar-refractivity contribution in [3.63, 3.8) is 0 Å². The van der Waals surface area contributed by atoms with Crippen LogP contribution in [0.3, 0.4) is 0 Å². The Balaban J connectivity index is 0.000000179. The van der Waals surface area contributed by atoms with Crippen molar-refractivity contribution in [1.29, 1.82) is 0 Å². The molecule has 4 rings (SSSR count). The molecule has 0 aliphatic heterocycles.